The Morgan fingerprint density at radius 2 is 2.36 bits per heavy atom. The van der Waals surface area contributed by atoms with Crippen molar-refractivity contribution in [3.8, 4) is 0 Å². The van der Waals surface area contributed by atoms with Gasteiger partial charge in [0, 0.05) is 0 Å². The Balaban J connectivity index is 2.18. The molecule has 2 aliphatic rings. The number of hydrogen-bond donors (Lipinski definition) is 1. The highest BCUT2D eigenvalue weighted by atomic mass is 16.3. The first-order valence-electron chi connectivity index (χ1n) is 4.42. The summed E-state index contributed by atoms with van der Waals surface area (Å²) in [5.74, 6) is 0.656. The molecular formula is C10H14O. The van der Waals surface area contributed by atoms with Crippen LogP contribution in [0.2, 0.25) is 0 Å². The first kappa shape index (κ1) is 7.11. The maximum absolute atomic E-state index is 9.34. The zero-order valence-corrected chi connectivity index (χ0v) is 6.66. The molecule has 1 N–H and O–H groups in total. The topological polar surface area (TPSA) is 20.2 Å². The van der Waals surface area contributed by atoms with E-state index in [4.69, 9.17) is 0 Å². The molecule has 2 aliphatic carbocycles. The van der Waals surface area contributed by atoms with Crippen molar-refractivity contribution in [3.63, 3.8) is 0 Å². The maximum Gasteiger partial charge on any atom is 0.0732 e. The third-order valence-corrected chi connectivity index (χ3v) is 2.62. The van der Waals surface area contributed by atoms with Gasteiger partial charge in [0.25, 0.3) is 0 Å². The molecule has 1 heteroatoms. The summed E-state index contributed by atoms with van der Waals surface area (Å²) < 4.78 is 0. The van der Waals surface area contributed by atoms with Crippen molar-refractivity contribution in [1.82, 2.24) is 0 Å². The Hall–Kier alpha value is -0.560. The van der Waals surface area contributed by atoms with Gasteiger partial charge in [-0.1, -0.05) is 18.2 Å². The molecule has 0 aromatic heterocycles. The SMILES string of the molecule is OC1C=C2C=CCCCC2C1. The van der Waals surface area contributed by atoms with E-state index in [1.165, 1.54) is 24.8 Å². The number of hydrogen-bond acceptors (Lipinski definition) is 1. The van der Waals surface area contributed by atoms with Crippen LogP contribution in [-0.2, 0) is 0 Å². The van der Waals surface area contributed by atoms with E-state index in [9.17, 15) is 5.11 Å². The summed E-state index contributed by atoms with van der Waals surface area (Å²) >= 11 is 0. The number of allylic oxidation sites excluding steroid dienone is 3. The maximum atomic E-state index is 9.34. The Kier molecular flexibility index (Phi) is 1.82. The van der Waals surface area contributed by atoms with Gasteiger partial charge in [0.05, 0.1) is 6.10 Å². The Morgan fingerprint density at radius 3 is 3.27 bits per heavy atom. The molecule has 11 heavy (non-hydrogen) atoms. The summed E-state index contributed by atoms with van der Waals surface area (Å²) in [4.78, 5) is 0. The zero-order valence-electron chi connectivity index (χ0n) is 6.66. The van der Waals surface area contributed by atoms with Crippen LogP contribution in [0.3, 0.4) is 0 Å². The van der Waals surface area contributed by atoms with E-state index in [0.29, 0.717) is 5.92 Å². The Bertz CT molecular complexity index is 203. The van der Waals surface area contributed by atoms with Crippen molar-refractivity contribution in [2.45, 2.75) is 31.8 Å². The first-order chi connectivity index (χ1) is 5.36. The molecule has 0 saturated carbocycles. The molecule has 2 unspecified atom stereocenters. The monoisotopic (exact) mass is 150 g/mol. The summed E-state index contributed by atoms with van der Waals surface area (Å²) in [6.07, 6.45) is 11.0. The number of aliphatic hydroxyl groups is 1. The third-order valence-electron chi connectivity index (χ3n) is 2.62. The summed E-state index contributed by atoms with van der Waals surface area (Å²) in [6, 6.07) is 0. The lowest BCUT2D eigenvalue weighted by atomic mass is 9.97. The normalized spacial score (nSPS) is 36.3. The van der Waals surface area contributed by atoms with Gasteiger partial charge in [-0.25, -0.2) is 0 Å². The number of rotatable bonds is 0. The van der Waals surface area contributed by atoms with Gasteiger partial charge in [-0.05, 0) is 37.2 Å². The van der Waals surface area contributed by atoms with Gasteiger partial charge < -0.3 is 5.11 Å². The summed E-state index contributed by atoms with van der Waals surface area (Å²) in [5.41, 5.74) is 1.37. The minimum Gasteiger partial charge on any atom is -0.389 e. The van der Waals surface area contributed by atoms with E-state index in [2.05, 4.69) is 12.2 Å². The molecule has 0 radical (unpaired) electrons. The molecule has 0 aromatic rings. The second-order valence-electron chi connectivity index (χ2n) is 3.50. The van der Waals surface area contributed by atoms with Crippen LogP contribution in [0.15, 0.2) is 23.8 Å². The average Bonchev–Trinajstić information content (AvgIpc) is 2.17. The van der Waals surface area contributed by atoms with Crippen molar-refractivity contribution in [2.75, 3.05) is 0 Å². The zero-order chi connectivity index (χ0) is 7.68. The molecule has 0 heterocycles. The van der Waals surface area contributed by atoms with Crippen molar-refractivity contribution >= 4 is 0 Å². The van der Waals surface area contributed by atoms with Crippen molar-refractivity contribution in [3.05, 3.63) is 23.8 Å². The molecule has 0 amide bonds. The minimum absolute atomic E-state index is 0.169. The number of fused-ring (bicyclic) bond motifs is 1. The highest BCUT2D eigenvalue weighted by Gasteiger charge is 2.23. The second kappa shape index (κ2) is 2.82. The van der Waals surface area contributed by atoms with Crippen molar-refractivity contribution < 1.29 is 5.11 Å². The molecule has 2 atom stereocenters. The standard InChI is InChI=1S/C10H14O/c11-10-6-8-4-2-1-3-5-9(8)7-10/h2,4,6,9-11H,1,3,5,7H2. The largest absolute Gasteiger partial charge is 0.389 e. The minimum atomic E-state index is -0.169. The van der Waals surface area contributed by atoms with Crippen molar-refractivity contribution in [1.29, 1.82) is 0 Å². The fourth-order valence-corrected chi connectivity index (χ4v) is 2.03. The van der Waals surface area contributed by atoms with E-state index in [-0.39, 0.29) is 6.10 Å². The molecule has 1 nitrogen and oxygen atoms in total. The molecule has 0 bridgehead atoms. The van der Waals surface area contributed by atoms with Crippen LogP contribution in [-0.4, -0.2) is 11.2 Å². The Labute approximate surface area is 67.4 Å². The fraction of sp³-hybridized carbons (Fsp3) is 0.600. The van der Waals surface area contributed by atoms with Crippen LogP contribution in [0.1, 0.15) is 25.7 Å². The summed E-state index contributed by atoms with van der Waals surface area (Å²) in [7, 11) is 0. The van der Waals surface area contributed by atoms with Crippen LogP contribution >= 0.6 is 0 Å². The van der Waals surface area contributed by atoms with Crippen LogP contribution in [0.5, 0.6) is 0 Å². The van der Waals surface area contributed by atoms with Gasteiger partial charge in [-0.3, -0.25) is 0 Å². The molecule has 0 aromatic carbocycles. The Morgan fingerprint density at radius 1 is 1.45 bits per heavy atom. The molecule has 0 fully saturated rings. The smallest absolute Gasteiger partial charge is 0.0732 e. The molecule has 0 saturated heterocycles. The molecule has 2 rings (SSSR count). The van der Waals surface area contributed by atoms with Crippen LogP contribution in [0.4, 0.5) is 0 Å². The van der Waals surface area contributed by atoms with Crippen LogP contribution in [0, 0.1) is 5.92 Å². The first-order valence-corrected chi connectivity index (χ1v) is 4.42. The van der Waals surface area contributed by atoms with Crippen molar-refractivity contribution in [2.24, 2.45) is 5.92 Å². The lowest BCUT2D eigenvalue weighted by molar-refractivity contribution is 0.207. The van der Waals surface area contributed by atoms with E-state index in [0.717, 1.165) is 6.42 Å². The predicted molar refractivity (Wildman–Crippen MR) is 45.2 cm³/mol. The molecule has 0 spiro atoms. The highest BCUT2D eigenvalue weighted by molar-refractivity contribution is 5.28. The predicted octanol–water partition coefficient (Wildman–Crippen LogP) is 2.03. The van der Waals surface area contributed by atoms with E-state index < -0.39 is 0 Å². The molecular weight excluding hydrogens is 136 g/mol. The van der Waals surface area contributed by atoms with Gasteiger partial charge in [0.15, 0.2) is 0 Å². The second-order valence-corrected chi connectivity index (χ2v) is 3.50. The van der Waals surface area contributed by atoms with Gasteiger partial charge in [-0.15, -0.1) is 0 Å². The highest BCUT2D eigenvalue weighted by Crippen LogP contribution is 2.33. The average molecular weight is 150 g/mol. The van der Waals surface area contributed by atoms with Gasteiger partial charge >= 0.3 is 0 Å². The lowest BCUT2D eigenvalue weighted by Crippen LogP contribution is -2.02. The molecule has 60 valence electrons. The third kappa shape index (κ3) is 1.38. The van der Waals surface area contributed by atoms with Crippen LogP contribution in [0.25, 0.3) is 0 Å². The lowest BCUT2D eigenvalue weighted by Gasteiger charge is -2.08. The van der Waals surface area contributed by atoms with Crippen LogP contribution < -0.4 is 0 Å². The van der Waals surface area contributed by atoms with Gasteiger partial charge in [0.2, 0.25) is 0 Å². The quantitative estimate of drug-likeness (QED) is 0.560. The number of aliphatic hydroxyl groups excluding tert-OH is 1. The van der Waals surface area contributed by atoms with Gasteiger partial charge in [-0.2, -0.15) is 0 Å². The van der Waals surface area contributed by atoms with E-state index in [1.807, 2.05) is 6.08 Å². The summed E-state index contributed by atoms with van der Waals surface area (Å²) in [6.45, 7) is 0. The van der Waals surface area contributed by atoms with E-state index in [1.54, 1.807) is 0 Å². The summed E-state index contributed by atoms with van der Waals surface area (Å²) in [5, 5.41) is 9.34. The van der Waals surface area contributed by atoms with Gasteiger partial charge in [0.1, 0.15) is 0 Å². The van der Waals surface area contributed by atoms with E-state index >= 15 is 0 Å². The fourth-order valence-electron chi connectivity index (χ4n) is 2.03. The molecule has 0 aliphatic heterocycles.